The van der Waals surface area contributed by atoms with Crippen molar-refractivity contribution in [3.63, 3.8) is 0 Å². The van der Waals surface area contributed by atoms with E-state index in [0.29, 0.717) is 6.61 Å². The van der Waals surface area contributed by atoms with Gasteiger partial charge in [0.25, 0.3) is 0 Å². The van der Waals surface area contributed by atoms with Crippen molar-refractivity contribution in [2.24, 2.45) is 0 Å². The number of hydrogen-bond acceptors (Lipinski definition) is 2. The van der Waals surface area contributed by atoms with E-state index in [0.717, 1.165) is 11.1 Å². The van der Waals surface area contributed by atoms with Gasteiger partial charge in [-0.05, 0) is 11.1 Å². The molecular formula is C8H9IO2. The minimum absolute atomic E-state index is 0.0923. The van der Waals surface area contributed by atoms with Crippen LogP contribution in [0.15, 0.2) is 24.3 Å². The van der Waals surface area contributed by atoms with Crippen molar-refractivity contribution in [2.45, 2.75) is 13.2 Å². The molecule has 0 radical (unpaired) electrons. The van der Waals surface area contributed by atoms with Gasteiger partial charge in [0.2, 0.25) is 0 Å². The van der Waals surface area contributed by atoms with E-state index in [-0.39, 0.29) is 6.61 Å². The van der Waals surface area contributed by atoms with E-state index in [1.807, 2.05) is 47.3 Å². The zero-order valence-corrected chi connectivity index (χ0v) is 8.11. The van der Waals surface area contributed by atoms with Crippen LogP contribution >= 0.6 is 23.0 Å². The Kier molecular flexibility index (Phi) is 3.82. The summed E-state index contributed by atoms with van der Waals surface area (Å²) in [5, 5.41) is 8.79. The predicted molar refractivity (Wildman–Crippen MR) is 51.2 cm³/mol. The van der Waals surface area contributed by atoms with E-state index >= 15 is 0 Å². The predicted octanol–water partition coefficient (Wildman–Crippen LogP) is 2.05. The van der Waals surface area contributed by atoms with Gasteiger partial charge in [0.05, 0.1) is 13.2 Å². The lowest BCUT2D eigenvalue weighted by Gasteiger charge is -1.99. The zero-order chi connectivity index (χ0) is 8.10. The zero-order valence-electron chi connectivity index (χ0n) is 5.96. The first-order valence-corrected chi connectivity index (χ1v) is 4.17. The maximum absolute atomic E-state index is 8.79. The van der Waals surface area contributed by atoms with Gasteiger partial charge in [-0.15, -0.1) is 0 Å². The largest absolute Gasteiger partial charge is 0.392 e. The molecule has 11 heavy (non-hydrogen) atoms. The molecule has 1 rings (SSSR count). The summed E-state index contributed by atoms with van der Waals surface area (Å²) in [7, 11) is 0. The van der Waals surface area contributed by atoms with Crippen molar-refractivity contribution in [3.8, 4) is 0 Å². The van der Waals surface area contributed by atoms with Gasteiger partial charge in [0.15, 0.2) is 0 Å². The maximum Gasteiger partial charge on any atom is 0.110 e. The van der Waals surface area contributed by atoms with Crippen LogP contribution in [0.1, 0.15) is 11.1 Å². The second-order valence-corrected chi connectivity index (χ2v) is 2.85. The fourth-order valence-corrected chi connectivity index (χ4v) is 1.24. The highest BCUT2D eigenvalue weighted by Crippen LogP contribution is 2.07. The van der Waals surface area contributed by atoms with Crippen molar-refractivity contribution >= 4 is 23.0 Å². The topological polar surface area (TPSA) is 29.5 Å². The summed E-state index contributed by atoms with van der Waals surface area (Å²) in [5.74, 6) is 0. The van der Waals surface area contributed by atoms with E-state index in [2.05, 4.69) is 0 Å². The first-order chi connectivity index (χ1) is 5.36. The summed E-state index contributed by atoms with van der Waals surface area (Å²) in [5.41, 5.74) is 2.02. The molecule has 0 aliphatic rings. The molecule has 0 fully saturated rings. The molecule has 3 heteroatoms. The molecule has 0 saturated carbocycles. The molecule has 0 unspecified atom stereocenters. The van der Waals surface area contributed by atoms with Crippen LogP contribution in [-0.4, -0.2) is 5.11 Å². The molecule has 0 aromatic heterocycles. The van der Waals surface area contributed by atoms with Crippen LogP contribution in [-0.2, 0) is 16.3 Å². The highest BCUT2D eigenvalue weighted by Gasteiger charge is 1.93. The summed E-state index contributed by atoms with van der Waals surface area (Å²) in [6.07, 6.45) is 0. The summed E-state index contributed by atoms with van der Waals surface area (Å²) in [4.78, 5) is 0. The SMILES string of the molecule is OCc1cccc(COI)c1. The quantitative estimate of drug-likeness (QED) is 0.846. The average Bonchev–Trinajstić information content (AvgIpc) is 2.06. The summed E-state index contributed by atoms with van der Waals surface area (Å²) in [6.45, 7) is 0.684. The number of benzene rings is 1. The second-order valence-electron chi connectivity index (χ2n) is 2.23. The van der Waals surface area contributed by atoms with Crippen LogP contribution in [0.3, 0.4) is 0 Å². The van der Waals surface area contributed by atoms with Gasteiger partial charge in [-0.2, -0.15) is 0 Å². The molecule has 0 bridgehead atoms. The highest BCUT2D eigenvalue weighted by molar-refractivity contribution is 14.1. The molecule has 0 saturated heterocycles. The van der Waals surface area contributed by atoms with E-state index in [4.69, 9.17) is 8.17 Å². The number of hydrogen-bond donors (Lipinski definition) is 1. The van der Waals surface area contributed by atoms with Gasteiger partial charge < -0.3 is 8.17 Å². The van der Waals surface area contributed by atoms with E-state index in [1.54, 1.807) is 0 Å². The molecular weight excluding hydrogens is 255 g/mol. The molecule has 0 amide bonds. The molecule has 1 N–H and O–H groups in total. The van der Waals surface area contributed by atoms with Crippen molar-refractivity contribution in [1.82, 2.24) is 0 Å². The minimum atomic E-state index is 0.0923. The Bertz CT molecular complexity index is 225. The molecule has 0 atom stereocenters. The fraction of sp³-hybridized carbons (Fsp3) is 0.250. The van der Waals surface area contributed by atoms with E-state index in [9.17, 15) is 0 Å². The first-order valence-electron chi connectivity index (χ1n) is 3.29. The van der Waals surface area contributed by atoms with Crippen LogP contribution in [0, 0.1) is 0 Å². The number of rotatable bonds is 3. The molecule has 0 spiro atoms. The molecule has 1 aromatic rings. The molecule has 60 valence electrons. The summed E-state index contributed by atoms with van der Waals surface area (Å²) >= 11 is 1.85. The molecule has 0 heterocycles. The van der Waals surface area contributed by atoms with Gasteiger partial charge in [0.1, 0.15) is 23.0 Å². The maximum atomic E-state index is 8.79. The van der Waals surface area contributed by atoms with Gasteiger partial charge >= 0.3 is 0 Å². The monoisotopic (exact) mass is 264 g/mol. The third-order valence-corrected chi connectivity index (χ3v) is 1.71. The van der Waals surface area contributed by atoms with Crippen LogP contribution in [0.4, 0.5) is 0 Å². The van der Waals surface area contributed by atoms with Gasteiger partial charge in [-0.3, -0.25) is 0 Å². The highest BCUT2D eigenvalue weighted by atomic mass is 127. The summed E-state index contributed by atoms with van der Waals surface area (Å²) < 4.78 is 4.92. The first kappa shape index (κ1) is 8.96. The Morgan fingerprint density at radius 1 is 1.36 bits per heavy atom. The second kappa shape index (κ2) is 4.69. The lowest BCUT2D eigenvalue weighted by Crippen LogP contribution is -1.87. The Labute approximate surface area is 79.9 Å². The molecule has 0 aliphatic carbocycles. The van der Waals surface area contributed by atoms with Crippen molar-refractivity contribution in [2.75, 3.05) is 0 Å². The lowest BCUT2D eigenvalue weighted by molar-refractivity contribution is 0.281. The van der Waals surface area contributed by atoms with E-state index < -0.39 is 0 Å². The van der Waals surface area contributed by atoms with Gasteiger partial charge in [-0.1, -0.05) is 24.3 Å². The fourth-order valence-electron chi connectivity index (χ4n) is 0.881. The average molecular weight is 264 g/mol. The van der Waals surface area contributed by atoms with Crippen LogP contribution in [0.2, 0.25) is 0 Å². The smallest absolute Gasteiger partial charge is 0.110 e. The Morgan fingerprint density at radius 3 is 2.73 bits per heavy atom. The summed E-state index contributed by atoms with van der Waals surface area (Å²) in [6, 6.07) is 7.70. The van der Waals surface area contributed by atoms with Crippen LogP contribution in [0.5, 0.6) is 0 Å². The molecule has 2 nitrogen and oxygen atoms in total. The molecule has 0 aliphatic heterocycles. The van der Waals surface area contributed by atoms with Gasteiger partial charge in [-0.25, -0.2) is 0 Å². The number of aliphatic hydroxyl groups excluding tert-OH is 1. The van der Waals surface area contributed by atoms with Crippen molar-refractivity contribution in [1.29, 1.82) is 0 Å². The van der Waals surface area contributed by atoms with E-state index in [1.165, 1.54) is 0 Å². The van der Waals surface area contributed by atoms with Gasteiger partial charge in [0, 0.05) is 0 Å². The lowest BCUT2D eigenvalue weighted by atomic mass is 10.1. The Morgan fingerprint density at radius 2 is 2.09 bits per heavy atom. The normalized spacial score (nSPS) is 10.0. The van der Waals surface area contributed by atoms with Crippen LogP contribution in [0.25, 0.3) is 0 Å². The third kappa shape index (κ3) is 2.76. The Balaban J connectivity index is 2.74. The van der Waals surface area contributed by atoms with Crippen LogP contribution < -0.4 is 0 Å². The third-order valence-electron chi connectivity index (χ3n) is 1.40. The Hall–Kier alpha value is -0.130. The van der Waals surface area contributed by atoms with Crippen molar-refractivity contribution < 1.29 is 8.17 Å². The standard InChI is InChI=1S/C8H9IO2/c9-11-6-8-3-1-2-7(4-8)5-10/h1-4,10H,5-6H2. The van der Waals surface area contributed by atoms with Crippen molar-refractivity contribution in [3.05, 3.63) is 35.4 Å². The molecule has 1 aromatic carbocycles. The number of halogens is 1. The minimum Gasteiger partial charge on any atom is -0.392 e. The number of aliphatic hydroxyl groups is 1.